The van der Waals surface area contributed by atoms with E-state index in [1.54, 1.807) is 0 Å². The van der Waals surface area contributed by atoms with Crippen molar-refractivity contribution in [2.24, 2.45) is 4.99 Å². The predicted molar refractivity (Wildman–Crippen MR) is 69.5 cm³/mol. The van der Waals surface area contributed by atoms with Crippen molar-refractivity contribution in [3.63, 3.8) is 0 Å². The zero-order valence-corrected chi connectivity index (χ0v) is 10.2. The first kappa shape index (κ1) is 11.6. The second-order valence-corrected chi connectivity index (χ2v) is 4.35. The minimum atomic E-state index is -0.294. The van der Waals surface area contributed by atoms with Gasteiger partial charge in [-0.15, -0.1) is 0 Å². The number of aryl methyl sites for hydroxylation is 1. The Morgan fingerprint density at radius 2 is 2.06 bits per heavy atom. The van der Waals surface area contributed by atoms with Crippen molar-refractivity contribution in [1.82, 2.24) is 4.90 Å². The summed E-state index contributed by atoms with van der Waals surface area (Å²) in [5.74, 6) is 0.870. The Kier molecular flexibility index (Phi) is 3.42. The summed E-state index contributed by atoms with van der Waals surface area (Å²) in [7, 11) is 1.96. The number of nitrogens with one attached hydrogen (secondary N) is 1. The topological polar surface area (TPSA) is 44.7 Å². The lowest BCUT2D eigenvalue weighted by Crippen LogP contribution is -2.21. The molecule has 0 atom stereocenters. The van der Waals surface area contributed by atoms with Crippen LogP contribution in [-0.2, 0) is 0 Å². The molecule has 1 heterocycles. The highest BCUT2D eigenvalue weighted by Crippen LogP contribution is 2.11. The van der Waals surface area contributed by atoms with Crippen molar-refractivity contribution in [2.75, 3.05) is 18.9 Å². The number of hydrogen-bond acceptors (Lipinski definition) is 1. The summed E-state index contributed by atoms with van der Waals surface area (Å²) in [6.07, 6.45) is 1.96. The number of rotatable bonds is 1. The second-order valence-electron chi connectivity index (χ2n) is 4.35. The van der Waals surface area contributed by atoms with Gasteiger partial charge in [-0.2, -0.15) is 4.99 Å². The Bertz CT molecular complexity index is 436. The van der Waals surface area contributed by atoms with E-state index in [1.165, 1.54) is 5.56 Å². The number of amides is 2. The molecule has 0 bridgehead atoms. The van der Waals surface area contributed by atoms with Gasteiger partial charge in [-0.25, -0.2) is 4.79 Å². The molecule has 0 radical (unpaired) electrons. The smallest absolute Gasteiger partial charge is 0.347 e. The van der Waals surface area contributed by atoms with Crippen LogP contribution in [0.4, 0.5) is 10.5 Å². The molecule has 4 nitrogen and oxygen atoms in total. The fourth-order valence-electron chi connectivity index (χ4n) is 1.84. The number of aliphatic imine (C=N–C) groups is 1. The van der Waals surface area contributed by atoms with E-state index in [-0.39, 0.29) is 6.03 Å². The molecule has 2 rings (SSSR count). The summed E-state index contributed by atoms with van der Waals surface area (Å²) < 4.78 is 0. The SMILES string of the molecule is Cc1ccc(NC(=O)/N=C2\CCCN2C)cc1. The van der Waals surface area contributed by atoms with Gasteiger partial charge in [0.15, 0.2) is 0 Å². The number of anilines is 1. The van der Waals surface area contributed by atoms with Crippen LogP contribution in [-0.4, -0.2) is 30.4 Å². The van der Waals surface area contributed by atoms with Crippen LogP contribution in [0.25, 0.3) is 0 Å². The van der Waals surface area contributed by atoms with Gasteiger partial charge in [-0.3, -0.25) is 0 Å². The number of amidine groups is 1. The lowest BCUT2D eigenvalue weighted by atomic mass is 10.2. The molecule has 0 aliphatic carbocycles. The molecule has 0 spiro atoms. The molecule has 1 aliphatic heterocycles. The molecule has 0 aromatic heterocycles. The number of urea groups is 1. The van der Waals surface area contributed by atoms with E-state index in [1.807, 2.05) is 43.1 Å². The van der Waals surface area contributed by atoms with Gasteiger partial charge < -0.3 is 10.2 Å². The average Bonchev–Trinajstić information content (AvgIpc) is 2.68. The van der Waals surface area contributed by atoms with E-state index < -0.39 is 0 Å². The first-order valence-electron chi connectivity index (χ1n) is 5.81. The van der Waals surface area contributed by atoms with Crippen LogP contribution in [0, 0.1) is 6.92 Å². The fourth-order valence-corrected chi connectivity index (χ4v) is 1.84. The molecule has 1 aliphatic rings. The van der Waals surface area contributed by atoms with Crippen molar-refractivity contribution in [2.45, 2.75) is 19.8 Å². The van der Waals surface area contributed by atoms with Crippen LogP contribution in [0.1, 0.15) is 18.4 Å². The maximum atomic E-state index is 11.7. The molecule has 4 heteroatoms. The minimum absolute atomic E-state index is 0.294. The molecular weight excluding hydrogens is 214 g/mol. The number of carbonyl (C=O) groups is 1. The molecule has 1 aromatic carbocycles. The van der Waals surface area contributed by atoms with Crippen LogP contribution in [0.15, 0.2) is 29.3 Å². The highest BCUT2D eigenvalue weighted by Gasteiger charge is 2.15. The van der Waals surface area contributed by atoms with Gasteiger partial charge in [0.1, 0.15) is 5.84 Å². The van der Waals surface area contributed by atoms with Crippen LogP contribution in [0.2, 0.25) is 0 Å². The van der Waals surface area contributed by atoms with Gasteiger partial charge in [-0.05, 0) is 25.5 Å². The molecule has 17 heavy (non-hydrogen) atoms. The lowest BCUT2D eigenvalue weighted by molar-refractivity contribution is 0.259. The molecule has 0 unspecified atom stereocenters. The van der Waals surface area contributed by atoms with Gasteiger partial charge in [0.2, 0.25) is 0 Å². The number of carbonyl (C=O) groups excluding carboxylic acids is 1. The average molecular weight is 231 g/mol. The molecule has 1 aromatic rings. The highest BCUT2D eigenvalue weighted by molar-refractivity contribution is 6.00. The van der Waals surface area contributed by atoms with Gasteiger partial charge in [0.25, 0.3) is 0 Å². The quantitative estimate of drug-likeness (QED) is 0.807. The Hall–Kier alpha value is -1.84. The molecule has 1 saturated heterocycles. The molecule has 0 saturated carbocycles. The Labute approximate surface area is 101 Å². The van der Waals surface area contributed by atoms with Gasteiger partial charge in [0.05, 0.1) is 0 Å². The zero-order valence-electron chi connectivity index (χ0n) is 10.2. The second kappa shape index (κ2) is 4.99. The van der Waals surface area contributed by atoms with Crippen LogP contribution in [0.3, 0.4) is 0 Å². The first-order chi connectivity index (χ1) is 8.15. The standard InChI is InChI=1S/C13H17N3O/c1-10-5-7-11(8-6-10)14-13(17)15-12-4-3-9-16(12)2/h5-8H,3-4,9H2,1-2H3,(H,14,17)/b15-12+. The summed E-state index contributed by atoms with van der Waals surface area (Å²) in [5, 5.41) is 2.76. The summed E-state index contributed by atoms with van der Waals surface area (Å²) >= 11 is 0. The maximum absolute atomic E-state index is 11.7. The third-order valence-corrected chi connectivity index (χ3v) is 2.87. The summed E-state index contributed by atoms with van der Waals surface area (Å²) in [4.78, 5) is 17.8. The van der Waals surface area contributed by atoms with E-state index in [4.69, 9.17) is 0 Å². The van der Waals surface area contributed by atoms with Crippen molar-refractivity contribution in [3.05, 3.63) is 29.8 Å². The first-order valence-corrected chi connectivity index (χ1v) is 5.81. The zero-order chi connectivity index (χ0) is 12.3. The van der Waals surface area contributed by atoms with Gasteiger partial charge in [0, 0.05) is 25.7 Å². The Morgan fingerprint density at radius 1 is 1.35 bits per heavy atom. The van der Waals surface area contributed by atoms with Crippen LogP contribution >= 0.6 is 0 Å². The minimum Gasteiger partial charge on any atom is -0.363 e. The van der Waals surface area contributed by atoms with Gasteiger partial charge >= 0.3 is 6.03 Å². The number of nitrogens with zero attached hydrogens (tertiary/aromatic N) is 2. The number of benzene rings is 1. The highest BCUT2D eigenvalue weighted by atomic mass is 16.2. The maximum Gasteiger partial charge on any atom is 0.347 e. The molecule has 1 N–H and O–H groups in total. The third-order valence-electron chi connectivity index (χ3n) is 2.87. The van der Waals surface area contributed by atoms with E-state index in [9.17, 15) is 4.79 Å². The summed E-state index contributed by atoms with van der Waals surface area (Å²) in [6.45, 7) is 3.00. The molecule has 90 valence electrons. The van der Waals surface area contributed by atoms with Crippen molar-refractivity contribution >= 4 is 17.6 Å². The van der Waals surface area contributed by atoms with Crippen molar-refractivity contribution < 1.29 is 4.79 Å². The number of hydrogen-bond donors (Lipinski definition) is 1. The van der Waals surface area contributed by atoms with E-state index >= 15 is 0 Å². The molecule has 2 amide bonds. The van der Waals surface area contributed by atoms with Crippen molar-refractivity contribution in [1.29, 1.82) is 0 Å². The lowest BCUT2D eigenvalue weighted by Gasteiger charge is -2.10. The predicted octanol–water partition coefficient (Wildman–Crippen LogP) is 2.65. The number of likely N-dealkylation sites (tertiary alicyclic amines) is 1. The van der Waals surface area contributed by atoms with E-state index in [0.717, 1.165) is 30.9 Å². The Morgan fingerprint density at radius 3 is 2.65 bits per heavy atom. The van der Waals surface area contributed by atoms with Crippen LogP contribution < -0.4 is 5.32 Å². The monoisotopic (exact) mass is 231 g/mol. The fraction of sp³-hybridized carbons (Fsp3) is 0.385. The van der Waals surface area contributed by atoms with Crippen molar-refractivity contribution in [3.8, 4) is 0 Å². The largest absolute Gasteiger partial charge is 0.363 e. The van der Waals surface area contributed by atoms with Gasteiger partial charge in [-0.1, -0.05) is 17.7 Å². The molecule has 1 fully saturated rings. The van der Waals surface area contributed by atoms with Crippen LogP contribution in [0.5, 0.6) is 0 Å². The summed E-state index contributed by atoms with van der Waals surface area (Å²) in [5.41, 5.74) is 1.95. The van der Waals surface area contributed by atoms with E-state index in [2.05, 4.69) is 10.3 Å². The van der Waals surface area contributed by atoms with E-state index in [0.29, 0.717) is 0 Å². The normalized spacial score (nSPS) is 17.5. The summed E-state index contributed by atoms with van der Waals surface area (Å²) in [6, 6.07) is 7.39. The molecular formula is C13H17N3O. The third kappa shape index (κ3) is 3.06. The Balaban J connectivity index is 2.00.